The summed E-state index contributed by atoms with van der Waals surface area (Å²) in [6.45, 7) is 4.32. The van der Waals surface area contributed by atoms with Crippen LogP contribution in [0.2, 0.25) is 0 Å². The van der Waals surface area contributed by atoms with Crippen molar-refractivity contribution in [2.45, 2.75) is 129 Å². The minimum atomic E-state index is -1.14. The van der Waals surface area contributed by atoms with Gasteiger partial charge in [-0.25, -0.2) is 0 Å². The van der Waals surface area contributed by atoms with Gasteiger partial charge >= 0.3 is 11.9 Å². The van der Waals surface area contributed by atoms with Gasteiger partial charge in [0.15, 0.2) is 6.10 Å². The van der Waals surface area contributed by atoms with E-state index in [4.69, 9.17) is 14.2 Å². The number of likely N-dealkylation sites (N-methyl/N-ethyl adjacent to an activating group) is 1. The summed E-state index contributed by atoms with van der Waals surface area (Å²) in [4.78, 5) is 36.8. The molecule has 8 nitrogen and oxygen atoms in total. The Bertz CT molecular complexity index is 1340. The van der Waals surface area contributed by atoms with Crippen molar-refractivity contribution in [1.82, 2.24) is 0 Å². The fourth-order valence-corrected chi connectivity index (χ4v) is 5.30. The predicted molar refractivity (Wildman–Crippen MR) is 235 cm³/mol. The van der Waals surface area contributed by atoms with Gasteiger partial charge in [0.2, 0.25) is 0 Å². The first kappa shape index (κ1) is 52.7. The number of carboxylic acid groups (broad SMARTS) is 1. The number of ether oxygens (including phenoxy) is 3. The van der Waals surface area contributed by atoms with Gasteiger partial charge < -0.3 is 28.6 Å². The molecule has 0 aliphatic rings. The van der Waals surface area contributed by atoms with E-state index >= 15 is 0 Å². The van der Waals surface area contributed by atoms with Crippen molar-refractivity contribution in [2.24, 2.45) is 0 Å². The van der Waals surface area contributed by atoms with Crippen LogP contribution in [0.5, 0.6) is 0 Å². The lowest BCUT2D eigenvalue weighted by Gasteiger charge is -2.34. The lowest BCUT2D eigenvalue weighted by molar-refractivity contribution is -0.889. The van der Waals surface area contributed by atoms with Crippen molar-refractivity contribution in [2.75, 3.05) is 41.0 Å². The molecular weight excluding hydrogens is 715 g/mol. The average molecular weight is 790 g/mol. The molecule has 0 amide bonds. The Morgan fingerprint density at radius 3 is 1.47 bits per heavy atom. The van der Waals surface area contributed by atoms with Gasteiger partial charge in [-0.2, -0.15) is 0 Å². The van der Waals surface area contributed by atoms with E-state index in [-0.39, 0.29) is 49.1 Å². The number of carboxylic acids is 1. The number of aliphatic carboxylic acids is 1. The summed E-state index contributed by atoms with van der Waals surface area (Å²) in [7, 11) is 5.36. The smallest absolute Gasteiger partial charge is 0.306 e. The number of allylic oxidation sites excluding steroid dienone is 20. The zero-order valence-electron chi connectivity index (χ0n) is 35.9. The number of nitrogens with zero attached hydrogens (tertiary/aromatic N) is 1. The van der Waals surface area contributed by atoms with Crippen molar-refractivity contribution >= 4 is 17.9 Å². The minimum Gasteiger partial charge on any atom is -0.544 e. The first-order valence-corrected chi connectivity index (χ1v) is 21.2. The molecule has 8 heteroatoms. The first-order valence-electron chi connectivity index (χ1n) is 21.2. The summed E-state index contributed by atoms with van der Waals surface area (Å²) in [5, 5.41) is 11.6. The number of carbonyl (C=O) groups is 3. The molecule has 0 spiro atoms. The molecule has 2 atom stereocenters. The highest BCUT2D eigenvalue weighted by Gasteiger charge is 2.25. The number of unbranched alkanes of at least 4 members (excludes halogenated alkanes) is 9. The molecule has 0 saturated carbocycles. The van der Waals surface area contributed by atoms with Crippen LogP contribution in [0.1, 0.15) is 117 Å². The van der Waals surface area contributed by atoms with E-state index < -0.39 is 18.1 Å². The molecule has 0 aliphatic carbocycles. The van der Waals surface area contributed by atoms with Crippen LogP contribution in [0.15, 0.2) is 122 Å². The normalized spacial score (nSPS) is 14.2. The maximum Gasteiger partial charge on any atom is 0.306 e. The molecule has 0 bridgehead atoms. The maximum absolute atomic E-state index is 12.7. The maximum atomic E-state index is 12.7. The van der Waals surface area contributed by atoms with Crippen LogP contribution in [-0.4, -0.2) is 75.5 Å². The number of rotatable bonds is 35. The lowest BCUT2D eigenvalue weighted by atomic mass is 10.1. The minimum absolute atomic E-state index is 0.00488. The van der Waals surface area contributed by atoms with Gasteiger partial charge in [-0.1, -0.05) is 167 Å². The van der Waals surface area contributed by atoms with E-state index in [0.29, 0.717) is 12.8 Å². The van der Waals surface area contributed by atoms with Crippen molar-refractivity contribution in [3.05, 3.63) is 122 Å². The van der Waals surface area contributed by atoms with Gasteiger partial charge in [0, 0.05) is 19.3 Å². The highest BCUT2D eigenvalue weighted by molar-refractivity contribution is 5.70. The van der Waals surface area contributed by atoms with Crippen molar-refractivity contribution in [3.63, 3.8) is 0 Å². The highest BCUT2D eigenvalue weighted by Crippen LogP contribution is 2.11. The second kappa shape index (κ2) is 38.6. The molecule has 0 rings (SSSR count). The van der Waals surface area contributed by atoms with Crippen LogP contribution in [-0.2, 0) is 28.6 Å². The number of carbonyl (C=O) groups excluding carboxylic acids is 3. The van der Waals surface area contributed by atoms with Crippen LogP contribution in [0.3, 0.4) is 0 Å². The molecule has 2 unspecified atom stereocenters. The Balaban J connectivity index is 4.54. The zero-order chi connectivity index (χ0) is 42.1. The van der Waals surface area contributed by atoms with E-state index in [1.54, 1.807) is 21.1 Å². The largest absolute Gasteiger partial charge is 0.544 e. The summed E-state index contributed by atoms with van der Waals surface area (Å²) >= 11 is 0. The van der Waals surface area contributed by atoms with Crippen molar-refractivity contribution in [3.8, 4) is 0 Å². The molecule has 0 saturated heterocycles. The third-order valence-corrected chi connectivity index (χ3v) is 8.57. The third kappa shape index (κ3) is 37.1. The molecule has 318 valence electrons. The summed E-state index contributed by atoms with van der Waals surface area (Å²) < 4.78 is 17.1. The molecule has 0 aromatic carbocycles. The van der Waals surface area contributed by atoms with Crippen LogP contribution in [0.4, 0.5) is 0 Å². The molecule has 0 aliphatic heterocycles. The monoisotopic (exact) mass is 790 g/mol. The van der Waals surface area contributed by atoms with Gasteiger partial charge in [-0.05, 0) is 51.4 Å². The molecule has 0 aromatic rings. The fraction of sp³-hybridized carbons (Fsp3) is 0.531. The molecule has 0 fully saturated rings. The standard InChI is InChI=1S/C49H75NO7/c1-6-8-10-12-14-16-18-20-22-23-24-26-27-29-31-33-35-37-39-47(51)56-44-45(43-55-42-41-46(49(53)54)50(3,4)5)57-48(52)40-38-36-34-32-30-28-25-21-19-17-15-13-11-9-7-2/h9-26,28,30,45-46H,6-8,27,29,31-44H2,1-5H3/b11-9+,12-10+,15-13+,16-14+,19-17+,20-18+,23-22+,25-21+,26-24+,30-28+. The molecule has 57 heavy (non-hydrogen) atoms. The van der Waals surface area contributed by atoms with Crippen molar-refractivity contribution in [1.29, 1.82) is 0 Å². The average Bonchev–Trinajstić information content (AvgIpc) is 3.17. The zero-order valence-corrected chi connectivity index (χ0v) is 35.9. The van der Waals surface area contributed by atoms with Crippen LogP contribution in [0.25, 0.3) is 0 Å². The summed E-state index contributed by atoms with van der Waals surface area (Å²) in [6.07, 6.45) is 53.6. The van der Waals surface area contributed by atoms with Crippen LogP contribution < -0.4 is 5.11 Å². The molecule has 0 N–H and O–H groups in total. The summed E-state index contributed by atoms with van der Waals surface area (Å²) in [5.41, 5.74) is 0. The number of quaternary nitrogens is 1. The molecular formula is C49H75NO7. The Kier molecular flexibility index (Phi) is 35.7. The number of hydrogen-bond donors (Lipinski definition) is 0. The third-order valence-electron chi connectivity index (χ3n) is 8.57. The summed E-state index contributed by atoms with van der Waals surface area (Å²) in [5.74, 6) is -1.85. The van der Waals surface area contributed by atoms with E-state index in [1.807, 2.05) is 85.1 Å². The second-order valence-electron chi connectivity index (χ2n) is 14.7. The lowest BCUT2D eigenvalue weighted by Crippen LogP contribution is -2.55. The molecule has 0 aromatic heterocycles. The SMILES string of the molecule is CC/C=C/C=C/C=C/C=C/C=C/CCCCCC(=O)OC(COCCC(C(=O)[O-])[N+](C)(C)C)COC(=O)CCCCCCC/C=C/C=C/C=C/C=C/C=C/CCC. The predicted octanol–water partition coefficient (Wildman–Crippen LogP) is 10.1. The van der Waals surface area contributed by atoms with Gasteiger partial charge in [0.05, 0.1) is 40.3 Å². The van der Waals surface area contributed by atoms with Gasteiger partial charge in [-0.3, -0.25) is 9.59 Å². The number of esters is 2. The van der Waals surface area contributed by atoms with E-state index in [9.17, 15) is 19.5 Å². The van der Waals surface area contributed by atoms with Gasteiger partial charge in [0.1, 0.15) is 12.6 Å². The number of hydrogen-bond acceptors (Lipinski definition) is 7. The van der Waals surface area contributed by atoms with Gasteiger partial charge in [-0.15, -0.1) is 0 Å². The van der Waals surface area contributed by atoms with Crippen LogP contribution in [0, 0.1) is 0 Å². The second-order valence-corrected chi connectivity index (χ2v) is 14.7. The highest BCUT2D eigenvalue weighted by atomic mass is 16.6. The first-order chi connectivity index (χ1) is 27.6. The molecule has 0 heterocycles. The van der Waals surface area contributed by atoms with E-state index in [1.165, 1.54) is 6.42 Å². The fourth-order valence-electron chi connectivity index (χ4n) is 5.30. The Morgan fingerprint density at radius 1 is 0.544 bits per heavy atom. The van der Waals surface area contributed by atoms with E-state index in [0.717, 1.165) is 70.6 Å². The van der Waals surface area contributed by atoms with Crippen LogP contribution >= 0.6 is 0 Å². The van der Waals surface area contributed by atoms with Gasteiger partial charge in [0.25, 0.3) is 0 Å². The molecule has 0 radical (unpaired) electrons. The Labute approximate surface area is 346 Å². The topological polar surface area (TPSA) is 102 Å². The Morgan fingerprint density at radius 2 is 0.982 bits per heavy atom. The van der Waals surface area contributed by atoms with Crippen molar-refractivity contribution < 1.29 is 38.2 Å². The quantitative estimate of drug-likeness (QED) is 0.0273. The van der Waals surface area contributed by atoms with E-state index in [2.05, 4.69) is 50.3 Å². The summed E-state index contributed by atoms with van der Waals surface area (Å²) in [6, 6.07) is -0.746. The Hall–Kier alpha value is -4.27.